The molecule has 0 spiro atoms. The highest BCUT2D eigenvalue weighted by molar-refractivity contribution is 5.71. The van der Waals surface area contributed by atoms with E-state index in [4.69, 9.17) is 0 Å². The van der Waals surface area contributed by atoms with E-state index in [1.54, 1.807) is 0 Å². The van der Waals surface area contributed by atoms with Crippen LogP contribution < -0.4 is 0 Å². The van der Waals surface area contributed by atoms with Crippen molar-refractivity contribution < 1.29 is 17.6 Å². The van der Waals surface area contributed by atoms with Gasteiger partial charge in [-0.2, -0.15) is 0 Å². The van der Waals surface area contributed by atoms with Crippen molar-refractivity contribution in [3.05, 3.63) is 64.2 Å². The van der Waals surface area contributed by atoms with Crippen LogP contribution in [0.1, 0.15) is 43.7 Å². The predicted molar refractivity (Wildman–Crippen MR) is 87.5 cm³/mol. The van der Waals surface area contributed by atoms with Gasteiger partial charge in [-0.3, -0.25) is 0 Å². The van der Waals surface area contributed by atoms with Crippen LogP contribution in [0.15, 0.2) is 29.8 Å². The van der Waals surface area contributed by atoms with Crippen LogP contribution in [0.3, 0.4) is 0 Å². The first-order chi connectivity index (χ1) is 11.5. The molecule has 0 nitrogen and oxygen atoms in total. The number of unbranched alkanes of at least 4 members (excludes halogenated alkanes) is 1. The molecule has 0 aliphatic heterocycles. The molecule has 1 aliphatic rings. The molecule has 0 aromatic heterocycles. The molecule has 0 saturated carbocycles. The van der Waals surface area contributed by atoms with Crippen LogP contribution in [0.4, 0.5) is 17.6 Å². The molecular weight excluding hydrogens is 316 g/mol. The van der Waals surface area contributed by atoms with Crippen molar-refractivity contribution >= 4 is 6.08 Å². The molecule has 0 radical (unpaired) electrons. The Morgan fingerprint density at radius 2 is 1.71 bits per heavy atom. The van der Waals surface area contributed by atoms with Gasteiger partial charge in [0.15, 0.2) is 11.6 Å². The van der Waals surface area contributed by atoms with E-state index in [0.29, 0.717) is 17.5 Å². The third-order valence-corrected chi connectivity index (χ3v) is 4.47. The van der Waals surface area contributed by atoms with Crippen molar-refractivity contribution in [2.24, 2.45) is 0 Å². The van der Waals surface area contributed by atoms with Crippen molar-refractivity contribution in [2.45, 2.75) is 39.0 Å². The van der Waals surface area contributed by atoms with Crippen LogP contribution in [0.5, 0.6) is 0 Å². The van der Waals surface area contributed by atoms with E-state index < -0.39 is 23.3 Å². The second-order valence-corrected chi connectivity index (χ2v) is 6.15. The molecule has 0 amide bonds. The van der Waals surface area contributed by atoms with E-state index in [1.807, 2.05) is 6.08 Å². The van der Waals surface area contributed by atoms with Crippen molar-refractivity contribution in [1.29, 1.82) is 0 Å². The van der Waals surface area contributed by atoms with Crippen LogP contribution in [0, 0.1) is 23.3 Å². The maximum atomic E-state index is 14.8. The smallest absolute Gasteiger partial charge is 0.159 e. The summed E-state index contributed by atoms with van der Waals surface area (Å²) in [6.45, 7) is 2.10. The van der Waals surface area contributed by atoms with Crippen LogP contribution in [-0.2, 0) is 6.42 Å². The van der Waals surface area contributed by atoms with Crippen molar-refractivity contribution in [3.63, 3.8) is 0 Å². The molecular formula is C20H18F4. The number of fused-ring (bicyclic) bond motifs is 1. The summed E-state index contributed by atoms with van der Waals surface area (Å²) in [7, 11) is 0. The van der Waals surface area contributed by atoms with Gasteiger partial charge in [0.05, 0.1) is 5.56 Å². The number of allylic oxidation sites excluding steroid dienone is 1. The van der Waals surface area contributed by atoms with Gasteiger partial charge in [-0.25, -0.2) is 17.6 Å². The van der Waals surface area contributed by atoms with Gasteiger partial charge in [-0.1, -0.05) is 31.1 Å². The lowest BCUT2D eigenvalue weighted by atomic mass is 9.87. The third-order valence-electron chi connectivity index (χ3n) is 4.47. The first kappa shape index (κ1) is 16.7. The second-order valence-electron chi connectivity index (χ2n) is 6.15. The van der Waals surface area contributed by atoms with Gasteiger partial charge >= 0.3 is 0 Å². The first-order valence-corrected chi connectivity index (χ1v) is 8.17. The Morgan fingerprint density at radius 3 is 2.42 bits per heavy atom. The van der Waals surface area contributed by atoms with Gasteiger partial charge in [0, 0.05) is 0 Å². The van der Waals surface area contributed by atoms with E-state index in [1.165, 1.54) is 17.7 Å². The van der Waals surface area contributed by atoms with Crippen molar-refractivity contribution in [2.75, 3.05) is 0 Å². The minimum atomic E-state index is -1.12. The summed E-state index contributed by atoms with van der Waals surface area (Å²) in [5.41, 5.74) is 1.90. The number of rotatable bonds is 4. The lowest BCUT2D eigenvalue weighted by Gasteiger charge is -2.19. The summed E-state index contributed by atoms with van der Waals surface area (Å²) < 4.78 is 55.7. The molecule has 0 heterocycles. The average molecular weight is 334 g/mol. The number of hydrogen-bond donors (Lipinski definition) is 0. The van der Waals surface area contributed by atoms with E-state index >= 15 is 0 Å². The molecule has 0 saturated heterocycles. The van der Waals surface area contributed by atoms with Crippen LogP contribution in [0.25, 0.3) is 17.2 Å². The predicted octanol–water partition coefficient (Wildman–Crippen LogP) is 6.43. The van der Waals surface area contributed by atoms with Gasteiger partial charge in [0.25, 0.3) is 0 Å². The Balaban J connectivity index is 2.06. The van der Waals surface area contributed by atoms with Gasteiger partial charge < -0.3 is 0 Å². The number of benzene rings is 2. The number of hydrogen-bond acceptors (Lipinski definition) is 0. The minimum absolute atomic E-state index is 0.00691. The Morgan fingerprint density at radius 1 is 0.917 bits per heavy atom. The highest BCUT2D eigenvalue weighted by Crippen LogP contribution is 2.36. The Kier molecular flexibility index (Phi) is 4.74. The standard InChI is InChI=1S/C20H18F4/c1-2-3-4-12-5-7-15-14(9-12)11-18(23)19(20(15)24)13-6-8-16(21)17(22)10-13/h6,8-11H,2-5,7H2,1H3. The largest absolute Gasteiger partial charge is 0.206 e. The molecule has 0 N–H and O–H groups in total. The highest BCUT2D eigenvalue weighted by Gasteiger charge is 2.22. The van der Waals surface area contributed by atoms with E-state index in [-0.39, 0.29) is 11.1 Å². The fourth-order valence-corrected chi connectivity index (χ4v) is 3.16. The van der Waals surface area contributed by atoms with Crippen LogP contribution in [0.2, 0.25) is 0 Å². The maximum Gasteiger partial charge on any atom is 0.159 e. The van der Waals surface area contributed by atoms with E-state index in [2.05, 4.69) is 6.92 Å². The van der Waals surface area contributed by atoms with E-state index in [9.17, 15) is 17.6 Å². The third kappa shape index (κ3) is 3.10. The van der Waals surface area contributed by atoms with Crippen LogP contribution in [-0.4, -0.2) is 0 Å². The molecule has 24 heavy (non-hydrogen) atoms. The summed E-state index contributed by atoms with van der Waals surface area (Å²) in [6.07, 6.45) is 6.15. The molecule has 3 rings (SSSR count). The first-order valence-electron chi connectivity index (χ1n) is 8.17. The molecule has 4 heteroatoms. The van der Waals surface area contributed by atoms with Crippen molar-refractivity contribution in [3.8, 4) is 11.1 Å². The number of halogens is 4. The van der Waals surface area contributed by atoms with Gasteiger partial charge in [0.2, 0.25) is 0 Å². The average Bonchev–Trinajstić information content (AvgIpc) is 2.56. The zero-order chi connectivity index (χ0) is 17.3. The molecule has 126 valence electrons. The normalized spacial score (nSPS) is 13.6. The second kappa shape index (κ2) is 6.80. The fourth-order valence-electron chi connectivity index (χ4n) is 3.16. The molecule has 0 bridgehead atoms. The lowest BCUT2D eigenvalue weighted by molar-refractivity contribution is 0.508. The quantitative estimate of drug-likeness (QED) is 0.565. The highest BCUT2D eigenvalue weighted by atomic mass is 19.2. The SMILES string of the molecule is CCCCC1=Cc2cc(F)c(-c3ccc(F)c(F)c3)c(F)c2CC1. The molecule has 0 atom stereocenters. The Hall–Kier alpha value is -2.10. The Bertz CT molecular complexity index is 806. The van der Waals surface area contributed by atoms with Gasteiger partial charge in [0.1, 0.15) is 11.6 Å². The fraction of sp³-hybridized carbons (Fsp3) is 0.300. The van der Waals surface area contributed by atoms with E-state index in [0.717, 1.165) is 37.8 Å². The van der Waals surface area contributed by atoms with Gasteiger partial charge in [-0.05, 0) is 60.6 Å². The maximum absolute atomic E-state index is 14.8. The summed E-state index contributed by atoms with van der Waals surface area (Å²) in [5.74, 6) is -3.60. The monoisotopic (exact) mass is 334 g/mol. The zero-order valence-corrected chi connectivity index (χ0v) is 13.4. The summed E-state index contributed by atoms with van der Waals surface area (Å²) in [5, 5.41) is 0. The summed E-state index contributed by atoms with van der Waals surface area (Å²) in [4.78, 5) is 0. The Labute approximate surface area is 138 Å². The van der Waals surface area contributed by atoms with Gasteiger partial charge in [-0.15, -0.1) is 0 Å². The molecule has 0 unspecified atom stereocenters. The molecule has 2 aromatic rings. The lowest BCUT2D eigenvalue weighted by Crippen LogP contribution is -2.06. The molecule has 0 fully saturated rings. The summed E-state index contributed by atoms with van der Waals surface area (Å²) in [6, 6.07) is 4.19. The summed E-state index contributed by atoms with van der Waals surface area (Å²) >= 11 is 0. The van der Waals surface area contributed by atoms with Crippen LogP contribution >= 0.6 is 0 Å². The topological polar surface area (TPSA) is 0 Å². The molecule has 2 aromatic carbocycles. The van der Waals surface area contributed by atoms with Crippen molar-refractivity contribution in [1.82, 2.24) is 0 Å². The minimum Gasteiger partial charge on any atom is -0.206 e. The zero-order valence-electron chi connectivity index (χ0n) is 13.4. The molecule has 1 aliphatic carbocycles.